The van der Waals surface area contributed by atoms with Crippen molar-refractivity contribution < 1.29 is 14.6 Å². The number of benzene rings is 3. The Bertz CT molecular complexity index is 894. The highest BCUT2D eigenvalue weighted by atomic mass is 35.5. The Morgan fingerprint density at radius 1 is 0.893 bits per heavy atom. The van der Waals surface area contributed by atoms with E-state index in [0.29, 0.717) is 11.6 Å². The normalized spacial score (nSPS) is 12.5. The van der Waals surface area contributed by atoms with Gasteiger partial charge >= 0.3 is 0 Å². The van der Waals surface area contributed by atoms with Crippen LogP contribution in [0.4, 0.5) is 0 Å². The van der Waals surface area contributed by atoms with Gasteiger partial charge in [0.15, 0.2) is 0 Å². The molecule has 4 heteroatoms. The van der Waals surface area contributed by atoms with E-state index in [1.165, 1.54) is 25.7 Å². The molecule has 3 rings (SSSR count). The molecule has 0 saturated carbocycles. The van der Waals surface area contributed by atoms with Gasteiger partial charge in [-0.2, -0.15) is 0 Å². The van der Waals surface area contributed by atoms with E-state index >= 15 is 0 Å². The molecule has 0 aliphatic heterocycles. The molecule has 150 valence electrons. The fraction of sp³-hybridized carbons (Fsp3) is 0.417. The highest BCUT2D eigenvalue weighted by molar-refractivity contribution is 6.31. The number of halogens is 1. The second kappa shape index (κ2) is 10.7. The minimum absolute atomic E-state index is 0.186. The minimum atomic E-state index is -0.663. The second-order valence-electron chi connectivity index (χ2n) is 7.25. The molecule has 3 aromatic rings. The van der Waals surface area contributed by atoms with Crippen molar-refractivity contribution in [2.75, 3.05) is 19.8 Å². The number of rotatable bonds is 11. The first-order valence-corrected chi connectivity index (χ1v) is 10.6. The van der Waals surface area contributed by atoms with Crippen molar-refractivity contribution in [3.63, 3.8) is 0 Å². The van der Waals surface area contributed by atoms with Gasteiger partial charge in [0.05, 0.1) is 6.61 Å². The number of unbranched alkanes of at least 4 members (excludes halogenated alkanes) is 4. The Morgan fingerprint density at radius 3 is 2.54 bits per heavy atom. The van der Waals surface area contributed by atoms with Gasteiger partial charge in [-0.05, 0) is 35.4 Å². The molecule has 1 atom stereocenters. The molecule has 1 unspecified atom stereocenters. The summed E-state index contributed by atoms with van der Waals surface area (Å²) < 4.78 is 11.7. The Balaban J connectivity index is 1.62. The predicted octanol–water partition coefficient (Wildman–Crippen LogP) is 6.37. The Labute approximate surface area is 172 Å². The molecule has 0 saturated heterocycles. The molecule has 0 aromatic heterocycles. The lowest BCUT2D eigenvalue weighted by atomic mass is 10.0. The fourth-order valence-electron chi connectivity index (χ4n) is 3.40. The van der Waals surface area contributed by atoms with Gasteiger partial charge in [0.25, 0.3) is 0 Å². The maximum atomic E-state index is 10.3. The van der Waals surface area contributed by atoms with Gasteiger partial charge in [-0.3, -0.25) is 0 Å². The van der Waals surface area contributed by atoms with E-state index in [1.54, 1.807) is 0 Å². The summed E-state index contributed by atoms with van der Waals surface area (Å²) in [5, 5.41) is 15.1. The molecule has 0 fully saturated rings. The first-order chi connectivity index (χ1) is 13.7. The molecule has 0 bridgehead atoms. The van der Waals surface area contributed by atoms with E-state index in [2.05, 4.69) is 19.1 Å². The van der Waals surface area contributed by atoms with Gasteiger partial charge in [-0.1, -0.05) is 74.5 Å². The molecule has 0 spiro atoms. The van der Waals surface area contributed by atoms with E-state index in [1.807, 2.05) is 36.4 Å². The lowest BCUT2D eigenvalue weighted by molar-refractivity contribution is 0.0115. The first-order valence-electron chi connectivity index (χ1n) is 10.2. The molecule has 28 heavy (non-hydrogen) atoms. The van der Waals surface area contributed by atoms with Crippen molar-refractivity contribution in [2.24, 2.45) is 0 Å². The van der Waals surface area contributed by atoms with Crippen LogP contribution in [0.2, 0.25) is 5.02 Å². The number of hydrogen-bond acceptors (Lipinski definition) is 3. The summed E-state index contributed by atoms with van der Waals surface area (Å²) in [4.78, 5) is 0. The van der Waals surface area contributed by atoms with Gasteiger partial charge in [-0.15, -0.1) is 0 Å². The number of fused-ring (bicyclic) bond motifs is 2. The van der Waals surface area contributed by atoms with E-state index in [0.717, 1.165) is 33.7 Å². The molecule has 0 aliphatic carbocycles. The van der Waals surface area contributed by atoms with Crippen LogP contribution in [0, 0.1) is 0 Å². The summed E-state index contributed by atoms with van der Waals surface area (Å²) >= 11 is 6.21. The molecule has 0 radical (unpaired) electrons. The van der Waals surface area contributed by atoms with Crippen LogP contribution in [0.1, 0.15) is 39.0 Å². The zero-order valence-electron chi connectivity index (χ0n) is 16.5. The van der Waals surface area contributed by atoms with Gasteiger partial charge in [0, 0.05) is 22.4 Å². The predicted molar refractivity (Wildman–Crippen MR) is 118 cm³/mol. The van der Waals surface area contributed by atoms with Crippen LogP contribution < -0.4 is 4.74 Å². The molecule has 1 N–H and O–H groups in total. The van der Waals surface area contributed by atoms with E-state index in [-0.39, 0.29) is 13.2 Å². The van der Waals surface area contributed by atoms with Crippen molar-refractivity contribution in [1.29, 1.82) is 0 Å². The molecule has 3 nitrogen and oxygen atoms in total. The first kappa shape index (κ1) is 20.9. The third-order valence-electron chi connectivity index (χ3n) is 4.90. The van der Waals surface area contributed by atoms with Gasteiger partial charge in [-0.25, -0.2) is 0 Å². The van der Waals surface area contributed by atoms with Crippen LogP contribution in [0.3, 0.4) is 0 Å². The topological polar surface area (TPSA) is 38.7 Å². The number of ether oxygens (including phenoxy) is 2. The van der Waals surface area contributed by atoms with Gasteiger partial charge in [0.1, 0.15) is 18.5 Å². The number of aliphatic hydroxyl groups excluding tert-OH is 1. The molecular weight excluding hydrogens is 372 g/mol. The van der Waals surface area contributed by atoms with Crippen LogP contribution in [0.5, 0.6) is 5.75 Å². The van der Waals surface area contributed by atoms with Gasteiger partial charge < -0.3 is 14.6 Å². The summed E-state index contributed by atoms with van der Waals surface area (Å²) in [5.41, 5.74) is 0. The number of aliphatic hydroxyl groups is 1. The highest BCUT2D eigenvalue weighted by Gasteiger charge is 2.12. The average Bonchev–Trinajstić information content (AvgIpc) is 2.70. The Morgan fingerprint density at radius 2 is 1.68 bits per heavy atom. The summed E-state index contributed by atoms with van der Waals surface area (Å²) in [7, 11) is 0. The summed E-state index contributed by atoms with van der Waals surface area (Å²) in [6, 6.07) is 16.0. The SMILES string of the molecule is CCCCCCCOCC(O)COc1c2ccccc2cc2ccc(Cl)cc12. The maximum absolute atomic E-state index is 10.3. The van der Waals surface area contributed by atoms with Gasteiger partial charge in [0.2, 0.25) is 0 Å². The lowest BCUT2D eigenvalue weighted by Crippen LogP contribution is -2.23. The lowest BCUT2D eigenvalue weighted by Gasteiger charge is -2.16. The summed E-state index contributed by atoms with van der Waals surface area (Å²) in [6.45, 7) is 3.37. The van der Waals surface area contributed by atoms with Crippen molar-refractivity contribution in [3.8, 4) is 5.75 Å². The average molecular weight is 401 g/mol. The molecule has 0 heterocycles. The highest BCUT2D eigenvalue weighted by Crippen LogP contribution is 2.36. The van der Waals surface area contributed by atoms with Crippen LogP contribution in [-0.4, -0.2) is 31.0 Å². The number of hydrogen-bond donors (Lipinski definition) is 1. The fourth-order valence-corrected chi connectivity index (χ4v) is 3.58. The largest absolute Gasteiger partial charge is 0.489 e. The van der Waals surface area contributed by atoms with Crippen molar-refractivity contribution >= 4 is 33.1 Å². The summed E-state index contributed by atoms with van der Waals surface area (Å²) in [5.74, 6) is 0.759. The van der Waals surface area contributed by atoms with Crippen LogP contribution in [0.15, 0.2) is 48.5 Å². The maximum Gasteiger partial charge on any atom is 0.135 e. The van der Waals surface area contributed by atoms with E-state index in [4.69, 9.17) is 21.1 Å². The monoisotopic (exact) mass is 400 g/mol. The van der Waals surface area contributed by atoms with Crippen molar-refractivity contribution in [3.05, 3.63) is 53.6 Å². The molecule has 3 aromatic carbocycles. The molecule has 0 aliphatic rings. The third-order valence-corrected chi connectivity index (χ3v) is 5.13. The van der Waals surface area contributed by atoms with Crippen molar-refractivity contribution in [1.82, 2.24) is 0 Å². The smallest absolute Gasteiger partial charge is 0.135 e. The standard InChI is InChI=1S/C24H29ClO3/c1-2-3-4-5-8-13-27-16-21(26)17-28-24-22-10-7-6-9-18(22)14-19-11-12-20(25)15-23(19)24/h6-7,9-12,14-15,21,26H,2-5,8,13,16-17H2,1H3. The molecular formula is C24H29ClO3. The summed E-state index contributed by atoms with van der Waals surface area (Å²) in [6.07, 6.45) is 5.33. The van der Waals surface area contributed by atoms with Crippen LogP contribution in [0.25, 0.3) is 21.5 Å². The molecule has 0 amide bonds. The van der Waals surface area contributed by atoms with Crippen molar-refractivity contribution in [2.45, 2.75) is 45.1 Å². The van der Waals surface area contributed by atoms with Crippen LogP contribution >= 0.6 is 11.6 Å². The van der Waals surface area contributed by atoms with E-state index < -0.39 is 6.10 Å². The Kier molecular flexibility index (Phi) is 7.96. The van der Waals surface area contributed by atoms with Crippen LogP contribution in [-0.2, 0) is 4.74 Å². The third kappa shape index (κ3) is 5.60. The second-order valence-corrected chi connectivity index (χ2v) is 7.68. The van der Waals surface area contributed by atoms with E-state index in [9.17, 15) is 5.11 Å². The Hall–Kier alpha value is -1.81. The zero-order valence-corrected chi connectivity index (χ0v) is 17.3. The quantitative estimate of drug-likeness (QED) is 0.300. The minimum Gasteiger partial charge on any atom is -0.489 e. The zero-order chi connectivity index (χ0) is 19.8.